The Morgan fingerprint density at radius 1 is 0.694 bits per heavy atom. The van der Waals surface area contributed by atoms with Crippen molar-refractivity contribution in [3.8, 4) is 0 Å². The Hall–Kier alpha value is -2.57. The Kier molecular flexibility index (Phi) is 6.32. The number of imide groups is 1. The molecule has 10 heteroatoms. The van der Waals surface area contributed by atoms with Crippen LogP contribution < -0.4 is 0 Å². The van der Waals surface area contributed by atoms with Crippen molar-refractivity contribution in [1.29, 1.82) is 0 Å². The molecule has 7 nitrogen and oxygen atoms in total. The summed E-state index contributed by atoms with van der Waals surface area (Å²) in [5.41, 5.74) is 0.480. The minimum Gasteiger partial charge on any atom is -0.271 e. The summed E-state index contributed by atoms with van der Waals surface area (Å²) in [6.45, 7) is 0. The van der Waals surface area contributed by atoms with Crippen LogP contribution in [0.3, 0.4) is 0 Å². The predicted octanol–water partition coefficient (Wildman–Crippen LogP) is 4.14. The van der Waals surface area contributed by atoms with Crippen LogP contribution in [0.5, 0.6) is 0 Å². The van der Waals surface area contributed by atoms with Gasteiger partial charge >= 0.3 is 0 Å². The fraction of sp³-hybridized carbons (Fsp3) is 0.231. The van der Waals surface area contributed by atoms with Gasteiger partial charge in [0.25, 0.3) is 11.8 Å². The molecule has 1 aliphatic carbocycles. The lowest BCUT2D eigenvalue weighted by Crippen LogP contribution is -2.47. The molecule has 1 fully saturated rings. The fourth-order valence-corrected chi connectivity index (χ4v) is 11.5. The van der Waals surface area contributed by atoms with E-state index in [4.69, 9.17) is 0 Å². The van der Waals surface area contributed by atoms with Crippen molar-refractivity contribution in [2.45, 2.75) is 32.8 Å². The number of hydrogen-bond donors (Lipinski definition) is 0. The van der Waals surface area contributed by atoms with Crippen LogP contribution in [0.15, 0.2) is 94.7 Å². The fourth-order valence-electron chi connectivity index (χ4n) is 5.28. The van der Waals surface area contributed by atoms with Crippen molar-refractivity contribution in [1.82, 2.24) is 4.90 Å². The van der Waals surface area contributed by atoms with Crippen molar-refractivity contribution < 1.29 is 26.4 Å². The molecule has 3 aromatic rings. The monoisotopic (exact) mass is 635 g/mol. The largest absolute Gasteiger partial charge is 0.271 e. The summed E-state index contributed by atoms with van der Waals surface area (Å²) in [5.74, 6) is -1.59. The third-order valence-electron chi connectivity index (χ3n) is 7.08. The number of sulfone groups is 2. The van der Waals surface area contributed by atoms with Gasteiger partial charge < -0.3 is 0 Å². The second-order valence-corrected chi connectivity index (χ2v) is 14.6. The van der Waals surface area contributed by atoms with Crippen molar-refractivity contribution in [3.63, 3.8) is 0 Å². The molecule has 2 atom stereocenters. The van der Waals surface area contributed by atoms with Crippen LogP contribution in [0.4, 0.5) is 0 Å². The molecule has 2 aliphatic rings. The van der Waals surface area contributed by atoms with Crippen LogP contribution in [0, 0.1) is 5.92 Å². The van der Waals surface area contributed by atoms with Crippen LogP contribution in [0.25, 0.3) is 0 Å². The van der Waals surface area contributed by atoms with E-state index in [0.717, 1.165) is 4.90 Å². The second kappa shape index (κ2) is 9.07. The normalized spacial score (nSPS) is 21.5. The van der Waals surface area contributed by atoms with Gasteiger partial charge in [0.05, 0.1) is 20.9 Å². The second-order valence-electron chi connectivity index (χ2n) is 8.96. The smallest absolute Gasteiger partial charge is 0.261 e. The van der Waals surface area contributed by atoms with Crippen LogP contribution in [-0.4, -0.2) is 48.1 Å². The number of alkyl halides is 1. The minimum atomic E-state index is -4.45. The molecule has 1 aliphatic heterocycles. The number of rotatable bonds is 6. The quantitative estimate of drug-likeness (QED) is 0.229. The van der Waals surface area contributed by atoms with Gasteiger partial charge in [-0.05, 0) is 48.7 Å². The molecular weight excluding hydrogens is 613 g/mol. The van der Waals surface area contributed by atoms with Gasteiger partial charge in [-0.3, -0.25) is 14.5 Å². The molecule has 0 saturated heterocycles. The average molecular weight is 636 g/mol. The first-order chi connectivity index (χ1) is 17.2. The van der Waals surface area contributed by atoms with Crippen molar-refractivity contribution in [2.24, 2.45) is 5.92 Å². The van der Waals surface area contributed by atoms with Crippen molar-refractivity contribution in [3.05, 3.63) is 96.1 Å². The molecule has 1 saturated carbocycles. The highest BCUT2D eigenvalue weighted by Crippen LogP contribution is 2.52. The van der Waals surface area contributed by atoms with E-state index >= 15 is 0 Å². The number of benzene rings is 3. The van der Waals surface area contributed by atoms with E-state index in [0.29, 0.717) is 4.43 Å². The lowest BCUT2D eigenvalue weighted by atomic mass is 10.1. The Bertz CT molecular complexity index is 1450. The average Bonchev–Trinajstić information content (AvgIpc) is 3.42. The molecule has 36 heavy (non-hydrogen) atoms. The van der Waals surface area contributed by atoms with Crippen LogP contribution in [0.1, 0.15) is 33.6 Å². The SMILES string of the molecule is O=C1c2ccccc2C(=O)N1[C@H]1CC(S(=O)(=O)c2ccccc2)(S(=O)(=O)c2ccccc2)C[C@H]1CI. The summed E-state index contributed by atoms with van der Waals surface area (Å²) < 4.78 is 55.0. The number of hydrogen-bond acceptors (Lipinski definition) is 6. The van der Waals surface area contributed by atoms with E-state index in [-0.39, 0.29) is 27.3 Å². The number of halogens is 1. The van der Waals surface area contributed by atoms with E-state index < -0.39 is 53.9 Å². The molecule has 0 aromatic heterocycles. The number of nitrogens with zero attached hydrogens (tertiary/aromatic N) is 1. The molecule has 186 valence electrons. The standard InChI is InChI=1S/C26H22INO6S2/c27-17-18-15-26(35(31,32)19-9-3-1-4-10-19,36(33,34)20-11-5-2-6-12-20)16-23(18)28-24(29)21-13-7-8-14-22(21)25(28)30/h1-14,18,23H,15-17H2/t18-,23-/m0/s1. The lowest BCUT2D eigenvalue weighted by molar-refractivity contribution is 0.0557. The van der Waals surface area contributed by atoms with E-state index in [2.05, 4.69) is 22.6 Å². The number of fused-ring (bicyclic) bond motifs is 1. The highest BCUT2D eigenvalue weighted by molar-refractivity contribution is 14.1. The van der Waals surface area contributed by atoms with Gasteiger partial charge in [0.15, 0.2) is 23.8 Å². The third kappa shape index (κ3) is 3.56. The summed E-state index contributed by atoms with van der Waals surface area (Å²) in [7, 11) is -8.91. The Labute approximate surface area is 223 Å². The first-order valence-corrected chi connectivity index (χ1v) is 15.8. The van der Waals surface area contributed by atoms with Gasteiger partial charge in [-0.25, -0.2) is 16.8 Å². The summed E-state index contributed by atoms with van der Waals surface area (Å²) in [6.07, 6.45) is -0.636. The Morgan fingerprint density at radius 3 is 1.53 bits per heavy atom. The highest BCUT2D eigenvalue weighted by Gasteiger charge is 2.64. The van der Waals surface area contributed by atoms with Gasteiger partial charge in [-0.2, -0.15) is 0 Å². The lowest BCUT2D eigenvalue weighted by Gasteiger charge is -2.30. The molecule has 1 heterocycles. The van der Waals surface area contributed by atoms with Crippen LogP contribution >= 0.6 is 22.6 Å². The molecular formula is C26H22INO6S2. The maximum absolute atomic E-state index is 14.2. The molecule has 2 amide bonds. The number of carbonyl (C=O) groups excluding carboxylic acids is 2. The highest BCUT2D eigenvalue weighted by atomic mass is 127. The first-order valence-electron chi connectivity index (χ1n) is 11.3. The molecule has 5 rings (SSSR count). The summed E-state index contributed by atoms with van der Waals surface area (Å²) in [6, 6.07) is 20.5. The summed E-state index contributed by atoms with van der Waals surface area (Å²) in [4.78, 5) is 27.5. The van der Waals surface area contributed by atoms with Gasteiger partial charge in [0, 0.05) is 16.9 Å². The Balaban J connectivity index is 1.70. The zero-order valence-corrected chi connectivity index (χ0v) is 22.7. The minimum absolute atomic E-state index is 0.111. The predicted molar refractivity (Wildman–Crippen MR) is 142 cm³/mol. The van der Waals surface area contributed by atoms with Gasteiger partial charge in [0.2, 0.25) is 0 Å². The van der Waals surface area contributed by atoms with Crippen molar-refractivity contribution in [2.75, 3.05) is 4.43 Å². The summed E-state index contributed by atoms with van der Waals surface area (Å²) in [5, 5.41) is 0. The molecule has 0 unspecified atom stereocenters. The number of amides is 2. The molecule has 0 spiro atoms. The molecule has 3 aromatic carbocycles. The van der Waals surface area contributed by atoms with E-state index in [9.17, 15) is 26.4 Å². The van der Waals surface area contributed by atoms with Crippen molar-refractivity contribution >= 4 is 54.1 Å². The number of carbonyl (C=O) groups is 2. The van der Waals surface area contributed by atoms with Crippen LogP contribution in [0.2, 0.25) is 0 Å². The summed E-state index contributed by atoms with van der Waals surface area (Å²) >= 11 is 2.07. The van der Waals surface area contributed by atoms with Gasteiger partial charge in [0.1, 0.15) is 0 Å². The molecule has 0 bridgehead atoms. The zero-order valence-electron chi connectivity index (χ0n) is 19.0. The van der Waals surface area contributed by atoms with Crippen LogP contribution in [-0.2, 0) is 19.7 Å². The van der Waals surface area contributed by atoms with Gasteiger partial charge in [-0.15, -0.1) is 0 Å². The molecule has 0 N–H and O–H groups in total. The Morgan fingerprint density at radius 2 is 1.11 bits per heavy atom. The van der Waals surface area contributed by atoms with Gasteiger partial charge in [-0.1, -0.05) is 71.1 Å². The van der Waals surface area contributed by atoms with E-state index in [1.807, 2.05) is 0 Å². The molecule has 0 radical (unpaired) electrons. The topological polar surface area (TPSA) is 106 Å². The maximum atomic E-state index is 14.2. The van der Waals surface area contributed by atoms with E-state index in [1.165, 1.54) is 24.3 Å². The third-order valence-corrected chi connectivity index (χ3v) is 13.9. The van der Waals surface area contributed by atoms with E-state index in [1.54, 1.807) is 60.7 Å². The first kappa shape index (κ1) is 25.1. The zero-order chi connectivity index (χ0) is 25.7. The maximum Gasteiger partial charge on any atom is 0.261 e.